The lowest BCUT2D eigenvalue weighted by atomic mass is 9.95. The van der Waals surface area contributed by atoms with Crippen molar-refractivity contribution in [1.29, 1.82) is 0 Å². The minimum atomic E-state index is -1.15. The van der Waals surface area contributed by atoms with Gasteiger partial charge in [-0.2, -0.15) is 0 Å². The number of nitrogens with one attached hydrogen (secondary N) is 2. The number of hydrogen-bond donors (Lipinski definition) is 2. The number of benzene rings is 1. The molecule has 3 fully saturated rings. The predicted octanol–water partition coefficient (Wildman–Crippen LogP) is 0.646. The molecule has 0 radical (unpaired) electrons. The SMILES string of the molecule is CC[C@H](C)[C@@H]1NC(=O)[C@@H]2CCCN2C(=O)[C@@H](CC2CO2)OC(=O)CCNC(=O)[C@H](C)N(C)C(=O)C(Cc2ccccc2)N(C)C1=O. The van der Waals surface area contributed by atoms with Crippen LogP contribution >= 0.6 is 0 Å². The number of ether oxygens (including phenoxy) is 2. The first-order valence-electron chi connectivity index (χ1n) is 16.2. The summed E-state index contributed by atoms with van der Waals surface area (Å²) in [5, 5.41) is 5.59. The van der Waals surface area contributed by atoms with Crippen molar-refractivity contribution in [1.82, 2.24) is 25.3 Å². The van der Waals surface area contributed by atoms with Gasteiger partial charge in [-0.25, -0.2) is 0 Å². The predicted molar refractivity (Wildman–Crippen MR) is 167 cm³/mol. The van der Waals surface area contributed by atoms with Gasteiger partial charge in [-0.1, -0.05) is 50.6 Å². The van der Waals surface area contributed by atoms with E-state index in [1.54, 1.807) is 6.92 Å². The molecule has 0 spiro atoms. The lowest BCUT2D eigenvalue weighted by molar-refractivity contribution is -0.162. The van der Waals surface area contributed by atoms with Crippen LogP contribution in [0.3, 0.4) is 0 Å². The average Bonchev–Trinajstić information content (AvgIpc) is 3.74. The van der Waals surface area contributed by atoms with Gasteiger partial charge in [0.15, 0.2) is 6.10 Å². The maximum atomic E-state index is 14.2. The molecule has 1 aromatic carbocycles. The first kappa shape index (κ1) is 34.9. The summed E-state index contributed by atoms with van der Waals surface area (Å²) < 4.78 is 10.9. The van der Waals surface area contributed by atoms with Crippen LogP contribution in [0.1, 0.15) is 58.4 Å². The summed E-state index contributed by atoms with van der Waals surface area (Å²) in [6, 6.07) is 5.52. The van der Waals surface area contributed by atoms with Gasteiger partial charge in [0.2, 0.25) is 23.6 Å². The third kappa shape index (κ3) is 8.42. The number of carbonyl (C=O) groups excluding carboxylic acids is 6. The number of carbonyl (C=O) groups is 6. The number of epoxide rings is 1. The monoisotopic (exact) mass is 641 g/mol. The maximum absolute atomic E-state index is 14.2. The van der Waals surface area contributed by atoms with E-state index in [0.717, 1.165) is 5.56 Å². The number of amides is 5. The Kier molecular flexibility index (Phi) is 11.8. The quantitative estimate of drug-likeness (QED) is 0.339. The Labute approximate surface area is 270 Å². The Morgan fingerprint density at radius 1 is 0.957 bits per heavy atom. The third-order valence-corrected chi connectivity index (χ3v) is 9.35. The Morgan fingerprint density at radius 3 is 2.30 bits per heavy atom. The van der Waals surface area contributed by atoms with Crippen LogP contribution in [-0.4, -0.2) is 120 Å². The van der Waals surface area contributed by atoms with Crippen molar-refractivity contribution in [3.8, 4) is 0 Å². The summed E-state index contributed by atoms with van der Waals surface area (Å²) in [5.74, 6) is -3.33. The zero-order valence-corrected chi connectivity index (χ0v) is 27.4. The molecule has 2 N–H and O–H groups in total. The lowest BCUT2D eigenvalue weighted by Gasteiger charge is -2.36. The number of nitrogens with zero attached hydrogens (tertiary/aromatic N) is 3. The van der Waals surface area contributed by atoms with Gasteiger partial charge < -0.3 is 34.8 Å². The van der Waals surface area contributed by atoms with E-state index < -0.39 is 65.8 Å². The lowest BCUT2D eigenvalue weighted by Crippen LogP contribution is -2.60. The van der Waals surface area contributed by atoms with Crippen LogP contribution in [-0.2, 0) is 44.7 Å². The smallest absolute Gasteiger partial charge is 0.308 e. The fraction of sp³-hybridized carbons (Fsp3) is 0.636. The zero-order chi connectivity index (χ0) is 33.5. The minimum absolute atomic E-state index is 0.0674. The standard InChI is InChI=1S/C33H47N5O8/c1-6-20(2)28-33(44)37(5)25(17-22-11-8-7-9-12-22)31(42)36(4)21(3)29(40)34-15-14-27(39)46-26(18-23-19-45-23)32(43)38-16-10-13-24(38)30(41)35-28/h7-9,11-12,20-21,23-26,28H,6,10,13-19H2,1-5H3,(H,34,40)(H,35,41)/t20-,21-,23?,24-,25?,26+,28-/m0/s1. The van der Waals surface area contributed by atoms with Crippen molar-refractivity contribution < 1.29 is 38.2 Å². The molecule has 1 aromatic rings. The fourth-order valence-corrected chi connectivity index (χ4v) is 5.92. The number of rotatable bonds is 6. The molecule has 2 unspecified atom stereocenters. The molecule has 3 heterocycles. The van der Waals surface area contributed by atoms with Crippen LogP contribution in [0.2, 0.25) is 0 Å². The molecule has 5 amide bonds. The highest BCUT2D eigenvalue weighted by molar-refractivity contribution is 5.96. The number of esters is 1. The van der Waals surface area contributed by atoms with E-state index >= 15 is 0 Å². The van der Waals surface area contributed by atoms with E-state index in [9.17, 15) is 28.8 Å². The highest BCUT2D eigenvalue weighted by Crippen LogP contribution is 2.25. The highest BCUT2D eigenvalue weighted by Gasteiger charge is 2.43. The van der Waals surface area contributed by atoms with E-state index in [1.165, 1.54) is 28.8 Å². The van der Waals surface area contributed by atoms with E-state index in [-0.39, 0.29) is 37.8 Å². The molecule has 0 bridgehead atoms. The second-order valence-corrected chi connectivity index (χ2v) is 12.6. The van der Waals surface area contributed by atoms with Crippen LogP contribution in [0, 0.1) is 5.92 Å². The summed E-state index contributed by atoms with van der Waals surface area (Å²) in [4.78, 5) is 85.7. The Bertz CT molecular complexity index is 1290. The zero-order valence-electron chi connectivity index (χ0n) is 27.4. The summed E-state index contributed by atoms with van der Waals surface area (Å²) in [6.45, 7) is 6.00. The van der Waals surface area contributed by atoms with Crippen LogP contribution in [0.5, 0.6) is 0 Å². The molecule has 0 aliphatic carbocycles. The average molecular weight is 642 g/mol. The molecule has 46 heavy (non-hydrogen) atoms. The van der Waals surface area contributed by atoms with Crippen molar-refractivity contribution in [2.24, 2.45) is 5.92 Å². The topological polar surface area (TPSA) is 158 Å². The second-order valence-electron chi connectivity index (χ2n) is 12.6. The second kappa shape index (κ2) is 15.5. The number of fused-ring (bicyclic) bond motifs is 1. The van der Waals surface area contributed by atoms with Crippen LogP contribution in [0.25, 0.3) is 0 Å². The minimum Gasteiger partial charge on any atom is -0.452 e. The first-order valence-corrected chi connectivity index (χ1v) is 16.2. The molecule has 4 rings (SSSR count). The highest BCUT2D eigenvalue weighted by atomic mass is 16.6. The molecule has 3 aliphatic heterocycles. The molecule has 252 valence electrons. The number of cyclic esters (lactones) is 1. The molecular formula is C33H47N5O8. The maximum Gasteiger partial charge on any atom is 0.308 e. The first-order chi connectivity index (χ1) is 21.9. The van der Waals surface area contributed by atoms with Gasteiger partial charge in [0.25, 0.3) is 5.91 Å². The van der Waals surface area contributed by atoms with Gasteiger partial charge in [0.1, 0.15) is 24.2 Å². The summed E-state index contributed by atoms with van der Waals surface area (Å²) in [7, 11) is 3.04. The van der Waals surface area contributed by atoms with E-state index in [2.05, 4.69) is 10.6 Å². The number of hydrogen-bond acceptors (Lipinski definition) is 8. The molecule has 0 saturated carbocycles. The molecule has 7 atom stereocenters. The van der Waals surface area contributed by atoms with E-state index in [4.69, 9.17) is 9.47 Å². The summed E-state index contributed by atoms with van der Waals surface area (Å²) in [5.41, 5.74) is 0.818. The van der Waals surface area contributed by atoms with Crippen molar-refractivity contribution in [2.75, 3.05) is 33.8 Å². The molecule has 13 heteroatoms. The molecule has 0 aromatic heterocycles. The Morgan fingerprint density at radius 2 is 1.65 bits per heavy atom. The van der Waals surface area contributed by atoms with Crippen molar-refractivity contribution in [2.45, 2.75) is 95.7 Å². The van der Waals surface area contributed by atoms with Crippen LogP contribution in [0.4, 0.5) is 0 Å². The van der Waals surface area contributed by atoms with Crippen LogP contribution < -0.4 is 10.6 Å². The van der Waals surface area contributed by atoms with Crippen LogP contribution in [0.15, 0.2) is 30.3 Å². The Balaban J connectivity index is 1.69. The number of likely N-dealkylation sites (N-methyl/N-ethyl adjacent to an activating group) is 2. The fourth-order valence-electron chi connectivity index (χ4n) is 5.92. The normalized spacial score (nSPS) is 29.6. The molecule has 3 aliphatic rings. The molecular weight excluding hydrogens is 594 g/mol. The van der Waals surface area contributed by atoms with Gasteiger partial charge in [-0.3, -0.25) is 28.8 Å². The van der Waals surface area contributed by atoms with Gasteiger partial charge in [0, 0.05) is 40.0 Å². The van der Waals surface area contributed by atoms with E-state index in [0.29, 0.717) is 32.4 Å². The summed E-state index contributed by atoms with van der Waals surface area (Å²) >= 11 is 0. The Hall–Kier alpha value is -4.00. The molecule has 13 nitrogen and oxygen atoms in total. The van der Waals surface area contributed by atoms with Gasteiger partial charge in [-0.15, -0.1) is 0 Å². The van der Waals surface area contributed by atoms with Gasteiger partial charge >= 0.3 is 5.97 Å². The van der Waals surface area contributed by atoms with Crippen molar-refractivity contribution in [3.63, 3.8) is 0 Å². The van der Waals surface area contributed by atoms with Gasteiger partial charge in [-0.05, 0) is 31.2 Å². The summed E-state index contributed by atoms with van der Waals surface area (Å²) in [6.07, 6.45) is 0.295. The van der Waals surface area contributed by atoms with Crippen molar-refractivity contribution >= 4 is 35.5 Å². The third-order valence-electron chi connectivity index (χ3n) is 9.35. The van der Waals surface area contributed by atoms with Crippen molar-refractivity contribution in [3.05, 3.63) is 35.9 Å². The largest absolute Gasteiger partial charge is 0.452 e. The molecule has 3 saturated heterocycles. The van der Waals surface area contributed by atoms with Gasteiger partial charge in [0.05, 0.1) is 19.1 Å². The van der Waals surface area contributed by atoms with E-state index in [1.807, 2.05) is 44.2 Å².